The highest BCUT2D eigenvalue weighted by Crippen LogP contribution is 2.27. The number of hydrogen-bond donors (Lipinski definition) is 3. The smallest absolute Gasteiger partial charge is 0.346 e. The molecule has 96 valence electrons. The van der Waals surface area contributed by atoms with E-state index in [-0.39, 0.29) is 14.8 Å². The van der Waals surface area contributed by atoms with Crippen molar-refractivity contribution in [3.05, 3.63) is 28.9 Å². The van der Waals surface area contributed by atoms with Crippen LogP contribution in [0.15, 0.2) is 22.7 Å². The Kier molecular flexibility index (Phi) is 3.09. The molecular formula is C9H9N3O4S2. The number of aromatic amines is 1. The minimum atomic E-state index is -3.77. The zero-order valence-electron chi connectivity index (χ0n) is 9.17. The zero-order chi connectivity index (χ0) is 13.3. The van der Waals surface area contributed by atoms with Crippen LogP contribution in [-0.4, -0.2) is 29.7 Å². The van der Waals surface area contributed by atoms with Crippen molar-refractivity contribution in [2.24, 2.45) is 0 Å². The summed E-state index contributed by atoms with van der Waals surface area (Å²) in [6.07, 6.45) is 2.70. The molecule has 0 fully saturated rings. The van der Waals surface area contributed by atoms with E-state index in [1.54, 1.807) is 6.92 Å². The summed E-state index contributed by atoms with van der Waals surface area (Å²) in [7, 11) is -3.77. The maximum Gasteiger partial charge on any atom is 0.346 e. The van der Waals surface area contributed by atoms with Gasteiger partial charge in [-0.2, -0.15) is 5.10 Å². The molecule has 0 aliphatic rings. The Bertz CT molecular complexity index is 673. The largest absolute Gasteiger partial charge is 0.477 e. The van der Waals surface area contributed by atoms with Crippen molar-refractivity contribution in [1.82, 2.24) is 10.2 Å². The molecule has 2 rings (SSSR count). The number of aryl methyl sites for hydroxylation is 1. The number of H-pyrrole nitrogens is 1. The van der Waals surface area contributed by atoms with Crippen molar-refractivity contribution in [3.8, 4) is 0 Å². The highest BCUT2D eigenvalue weighted by atomic mass is 32.2. The van der Waals surface area contributed by atoms with Gasteiger partial charge in [0.25, 0.3) is 10.0 Å². The molecule has 0 aliphatic heterocycles. The first-order valence-electron chi connectivity index (χ1n) is 4.75. The Morgan fingerprint density at radius 3 is 2.78 bits per heavy atom. The van der Waals surface area contributed by atoms with Gasteiger partial charge in [-0.25, -0.2) is 13.2 Å². The van der Waals surface area contributed by atoms with Crippen molar-refractivity contribution in [1.29, 1.82) is 0 Å². The zero-order valence-corrected chi connectivity index (χ0v) is 10.8. The molecule has 0 amide bonds. The molecule has 9 heteroatoms. The fourth-order valence-electron chi connectivity index (χ4n) is 1.31. The molecule has 0 atom stereocenters. The van der Waals surface area contributed by atoms with Crippen LogP contribution >= 0.6 is 11.3 Å². The second kappa shape index (κ2) is 4.42. The van der Waals surface area contributed by atoms with Crippen LogP contribution in [0.25, 0.3) is 0 Å². The maximum absolute atomic E-state index is 12.0. The van der Waals surface area contributed by atoms with Crippen LogP contribution in [0.4, 0.5) is 5.69 Å². The third-order valence-electron chi connectivity index (χ3n) is 2.10. The number of carboxylic acid groups (broad SMARTS) is 1. The van der Waals surface area contributed by atoms with Gasteiger partial charge >= 0.3 is 5.97 Å². The maximum atomic E-state index is 12.0. The monoisotopic (exact) mass is 287 g/mol. The van der Waals surface area contributed by atoms with Gasteiger partial charge in [0.1, 0.15) is 9.09 Å². The van der Waals surface area contributed by atoms with E-state index in [1.165, 1.54) is 18.5 Å². The summed E-state index contributed by atoms with van der Waals surface area (Å²) in [5.74, 6) is -1.14. The van der Waals surface area contributed by atoms with Crippen LogP contribution in [0.1, 0.15) is 15.2 Å². The molecule has 2 aromatic rings. The first-order valence-corrected chi connectivity index (χ1v) is 7.05. The molecule has 0 bridgehead atoms. The Morgan fingerprint density at radius 1 is 1.56 bits per heavy atom. The lowest BCUT2D eigenvalue weighted by atomic mass is 10.3. The average Bonchev–Trinajstić information content (AvgIpc) is 2.86. The van der Waals surface area contributed by atoms with E-state index >= 15 is 0 Å². The highest BCUT2D eigenvalue weighted by molar-refractivity contribution is 7.94. The highest BCUT2D eigenvalue weighted by Gasteiger charge is 2.21. The number of aromatic nitrogens is 2. The molecule has 3 N–H and O–H groups in total. The van der Waals surface area contributed by atoms with Gasteiger partial charge in [0.2, 0.25) is 0 Å². The topological polar surface area (TPSA) is 112 Å². The molecule has 0 radical (unpaired) electrons. The van der Waals surface area contributed by atoms with Gasteiger partial charge in [-0.3, -0.25) is 9.82 Å². The van der Waals surface area contributed by atoms with E-state index in [2.05, 4.69) is 14.9 Å². The minimum Gasteiger partial charge on any atom is -0.477 e. The molecule has 2 aromatic heterocycles. The molecule has 0 aliphatic carbocycles. The second-order valence-electron chi connectivity index (χ2n) is 3.48. The van der Waals surface area contributed by atoms with Crippen molar-refractivity contribution in [2.75, 3.05) is 4.72 Å². The summed E-state index contributed by atoms with van der Waals surface area (Å²) in [6, 6.07) is 1.33. The summed E-state index contributed by atoms with van der Waals surface area (Å²) >= 11 is 0.716. The Labute approximate surface area is 107 Å². The normalized spacial score (nSPS) is 11.4. The number of hydrogen-bond acceptors (Lipinski definition) is 5. The van der Waals surface area contributed by atoms with Crippen molar-refractivity contribution in [2.45, 2.75) is 11.1 Å². The molecule has 0 unspecified atom stereocenters. The number of rotatable bonds is 4. The molecule has 2 heterocycles. The first-order chi connectivity index (χ1) is 8.40. The van der Waals surface area contributed by atoms with Crippen LogP contribution in [0.5, 0.6) is 0 Å². The lowest BCUT2D eigenvalue weighted by Gasteiger charge is -2.01. The molecule has 0 saturated carbocycles. The summed E-state index contributed by atoms with van der Waals surface area (Å²) in [5, 5.41) is 15.0. The summed E-state index contributed by atoms with van der Waals surface area (Å²) in [5.41, 5.74) is 0.706. The number of sulfonamides is 1. The van der Waals surface area contributed by atoms with Crippen molar-refractivity contribution < 1.29 is 18.3 Å². The molecule has 0 aromatic carbocycles. The first kappa shape index (κ1) is 12.6. The summed E-state index contributed by atoms with van der Waals surface area (Å²) in [4.78, 5) is 10.9. The Balaban J connectivity index is 2.36. The minimum absolute atomic E-state index is 0.0163. The number of thiophene rings is 1. The molecular weight excluding hydrogens is 278 g/mol. The van der Waals surface area contributed by atoms with E-state index in [0.29, 0.717) is 16.9 Å². The van der Waals surface area contributed by atoms with Crippen molar-refractivity contribution in [3.63, 3.8) is 0 Å². The van der Waals surface area contributed by atoms with E-state index in [0.717, 1.165) is 0 Å². The predicted octanol–water partition coefficient (Wildman–Crippen LogP) is 1.28. The summed E-state index contributed by atoms with van der Waals surface area (Å²) in [6.45, 7) is 1.55. The van der Waals surface area contributed by atoms with Crippen molar-refractivity contribution >= 4 is 33.0 Å². The number of nitrogens with zero attached hydrogens (tertiary/aromatic N) is 1. The molecule has 7 nitrogen and oxygen atoms in total. The SMILES string of the molecule is Cc1cc(S(=O)(=O)Nc2cn[nH]c2)sc1C(=O)O. The van der Waals surface area contributed by atoms with Crippen LogP contribution in [-0.2, 0) is 10.0 Å². The molecule has 18 heavy (non-hydrogen) atoms. The quantitative estimate of drug-likeness (QED) is 0.784. The number of carboxylic acids is 1. The molecule has 0 saturated heterocycles. The van der Waals surface area contributed by atoms with Gasteiger partial charge < -0.3 is 5.11 Å². The standard InChI is InChI=1S/C9H9N3O4S2/c1-5-2-7(17-8(5)9(13)14)18(15,16)12-6-3-10-11-4-6/h2-4,12H,1H3,(H,10,11)(H,13,14). The number of nitrogens with one attached hydrogen (secondary N) is 2. The van der Waals surface area contributed by atoms with Gasteiger partial charge in [-0.05, 0) is 18.6 Å². The van der Waals surface area contributed by atoms with Crippen LogP contribution in [0, 0.1) is 6.92 Å². The number of carbonyl (C=O) groups is 1. The third-order valence-corrected chi connectivity index (χ3v) is 5.18. The number of anilines is 1. The van der Waals surface area contributed by atoms with Gasteiger partial charge in [-0.1, -0.05) is 0 Å². The van der Waals surface area contributed by atoms with Crippen LogP contribution in [0.2, 0.25) is 0 Å². The average molecular weight is 287 g/mol. The van der Waals surface area contributed by atoms with Gasteiger partial charge in [0.15, 0.2) is 0 Å². The fraction of sp³-hybridized carbons (Fsp3) is 0.111. The third kappa shape index (κ3) is 2.36. The summed E-state index contributed by atoms with van der Waals surface area (Å²) < 4.78 is 26.2. The Hall–Kier alpha value is -1.87. The second-order valence-corrected chi connectivity index (χ2v) is 6.44. The lowest BCUT2D eigenvalue weighted by Crippen LogP contribution is -2.10. The van der Waals surface area contributed by atoms with E-state index in [1.807, 2.05) is 0 Å². The Morgan fingerprint density at radius 2 is 2.28 bits per heavy atom. The van der Waals surface area contributed by atoms with Gasteiger partial charge in [0.05, 0.1) is 11.9 Å². The van der Waals surface area contributed by atoms with Crippen LogP contribution < -0.4 is 4.72 Å². The predicted molar refractivity (Wildman–Crippen MR) is 65.4 cm³/mol. The van der Waals surface area contributed by atoms with E-state index in [9.17, 15) is 13.2 Å². The van der Waals surface area contributed by atoms with E-state index in [4.69, 9.17) is 5.11 Å². The van der Waals surface area contributed by atoms with E-state index < -0.39 is 16.0 Å². The lowest BCUT2D eigenvalue weighted by molar-refractivity contribution is 0.0701. The number of aromatic carboxylic acids is 1. The van der Waals surface area contributed by atoms with Gasteiger partial charge in [0, 0.05) is 6.20 Å². The molecule has 0 spiro atoms. The van der Waals surface area contributed by atoms with Crippen LogP contribution in [0.3, 0.4) is 0 Å². The fourth-order valence-corrected chi connectivity index (χ4v) is 3.72. The van der Waals surface area contributed by atoms with Gasteiger partial charge in [-0.15, -0.1) is 11.3 Å².